The van der Waals surface area contributed by atoms with Gasteiger partial charge in [-0.05, 0) is 41.4 Å². The molecule has 0 heterocycles. The molecule has 1 fully saturated rings. The Hall–Kier alpha value is 0.0631. The summed E-state index contributed by atoms with van der Waals surface area (Å²) in [5, 5.41) is 10.3. The van der Waals surface area contributed by atoms with Crippen molar-refractivity contribution in [2.24, 2.45) is 35.0 Å². The molecule has 1 aliphatic rings. The number of aliphatic hydroxyl groups is 1. The fourth-order valence-electron chi connectivity index (χ4n) is 3.60. The van der Waals surface area contributed by atoms with Crippen LogP contribution in [-0.4, -0.2) is 11.2 Å². The van der Waals surface area contributed by atoms with Crippen LogP contribution < -0.4 is 0 Å². The van der Waals surface area contributed by atoms with E-state index in [1.165, 1.54) is 0 Å². The molecule has 0 saturated heterocycles. The molecule has 2 heteroatoms. The Morgan fingerprint density at radius 3 is 1.48 bits per heavy atom. The number of hydrogen-bond acceptors (Lipinski definition) is 1. The zero-order valence-electron chi connectivity index (χ0n) is 18.0. The topological polar surface area (TPSA) is 20.2 Å². The van der Waals surface area contributed by atoms with E-state index in [0.717, 1.165) is 30.1 Å². The second-order valence-electron chi connectivity index (χ2n) is 8.30. The largest absolute Gasteiger partial charge is 3.00 e. The fourth-order valence-corrected chi connectivity index (χ4v) is 3.60. The van der Waals surface area contributed by atoms with Gasteiger partial charge in [0.25, 0.3) is 0 Å². The van der Waals surface area contributed by atoms with E-state index in [9.17, 15) is 5.11 Å². The van der Waals surface area contributed by atoms with Crippen molar-refractivity contribution in [1.82, 2.24) is 0 Å². The molecule has 0 aliphatic heterocycles. The maximum Gasteiger partial charge on any atom is 3.00 e. The Balaban J connectivity index is -0.000000461. The van der Waals surface area contributed by atoms with Crippen LogP contribution in [0.2, 0.25) is 0 Å². The monoisotopic (exact) mass is 423 g/mol. The van der Waals surface area contributed by atoms with Crippen LogP contribution in [0.4, 0.5) is 0 Å². The van der Waals surface area contributed by atoms with Gasteiger partial charge in [-0.2, -0.15) is 36.4 Å². The molecule has 1 aliphatic carbocycles. The zero-order valence-corrected chi connectivity index (χ0v) is 20.5. The maximum atomic E-state index is 10.3. The molecule has 25 heavy (non-hydrogen) atoms. The molecular formula is C23H41OZr. The first-order chi connectivity index (χ1) is 10.2. The van der Waals surface area contributed by atoms with Gasteiger partial charge < -0.3 is 20.0 Å². The third kappa shape index (κ3) is 9.01. The number of rotatable bonds is 2. The maximum absolute atomic E-state index is 10.3. The van der Waals surface area contributed by atoms with Crippen molar-refractivity contribution in [3.63, 3.8) is 0 Å². The molecular weight excluding hydrogens is 383 g/mol. The smallest absolute Gasteiger partial charge is 0.393 e. The molecule has 1 aromatic carbocycles. The average molecular weight is 425 g/mol. The summed E-state index contributed by atoms with van der Waals surface area (Å²) in [5.74, 6) is 3.79. The Bertz CT molecular complexity index is 371. The molecule has 0 amide bonds. The van der Waals surface area contributed by atoms with E-state index in [4.69, 9.17) is 0 Å². The standard InChI is InChI=1S/C15H30O.C6H5.2CH3.Zr/c1-9-10(2)12(4)13(11(9)3)8-14(16)15(5,6)7;1-2-4-6-5-3-1;;;/h9-14,16H,8H2,1-7H3;1-5H;2*1H3;/q;3*-1;+3/t9?,10?,11-,12?,13?,14?;;;;/m0..../s1. The van der Waals surface area contributed by atoms with E-state index in [-0.39, 0.29) is 52.6 Å². The van der Waals surface area contributed by atoms with Crippen molar-refractivity contribution in [2.75, 3.05) is 0 Å². The summed E-state index contributed by atoms with van der Waals surface area (Å²) in [4.78, 5) is 0. The summed E-state index contributed by atoms with van der Waals surface area (Å²) >= 11 is 0. The van der Waals surface area contributed by atoms with Gasteiger partial charge in [-0.15, -0.1) is 0 Å². The third-order valence-corrected chi connectivity index (χ3v) is 5.94. The number of hydrogen-bond donors (Lipinski definition) is 1. The summed E-state index contributed by atoms with van der Waals surface area (Å²) in [6, 6.07) is 12.5. The first kappa shape index (κ1) is 29.8. The third-order valence-electron chi connectivity index (χ3n) is 5.94. The molecule has 0 bridgehead atoms. The van der Waals surface area contributed by atoms with Crippen LogP contribution >= 0.6 is 0 Å². The molecule has 1 saturated carbocycles. The normalized spacial score (nSPS) is 29.0. The van der Waals surface area contributed by atoms with Crippen LogP contribution in [0.3, 0.4) is 0 Å². The number of benzene rings is 1. The van der Waals surface area contributed by atoms with Crippen molar-refractivity contribution in [1.29, 1.82) is 0 Å². The summed E-state index contributed by atoms with van der Waals surface area (Å²) < 4.78 is 0. The Labute approximate surface area is 178 Å². The molecule has 1 radical (unpaired) electrons. The van der Waals surface area contributed by atoms with Crippen molar-refractivity contribution in [2.45, 2.75) is 61.0 Å². The quantitative estimate of drug-likeness (QED) is 0.549. The molecule has 5 unspecified atom stereocenters. The van der Waals surface area contributed by atoms with Gasteiger partial charge in [-0.1, -0.05) is 48.5 Å². The van der Waals surface area contributed by atoms with Crippen molar-refractivity contribution >= 4 is 0 Å². The average Bonchev–Trinajstić information content (AvgIpc) is 2.66. The minimum atomic E-state index is -0.167. The SMILES string of the molecule is CC1C(C)C(CC(O)C(C)(C)C)[C@@H](C)C1C.[CH3-].[CH3-].[Zr+3].[c-]1ccccc1. The van der Waals surface area contributed by atoms with Gasteiger partial charge in [-0.3, -0.25) is 0 Å². The Morgan fingerprint density at radius 1 is 0.840 bits per heavy atom. The molecule has 0 aromatic heterocycles. The fraction of sp³-hybridized carbons (Fsp3) is 0.652. The van der Waals surface area contributed by atoms with Gasteiger partial charge in [0.2, 0.25) is 0 Å². The molecule has 1 aromatic rings. The summed E-state index contributed by atoms with van der Waals surface area (Å²) in [7, 11) is 0. The van der Waals surface area contributed by atoms with Crippen LogP contribution in [0.5, 0.6) is 0 Å². The van der Waals surface area contributed by atoms with Gasteiger partial charge in [0.15, 0.2) is 0 Å². The van der Waals surface area contributed by atoms with Crippen LogP contribution in [0, 0.1) is 55.9 Å². The molecule has 1 nitrogen and oxygen atoms in total. The van der Waals surface area contributed by atoms with Crippen LogP contribution in [-0.2, 0) is 26.2 Å². The van der Waals surface area contributed by atoms with Gasteiger partial charge in [0.1, 0.15) is 0 Å². The second-order valence-corrected chi connectivity index (χ2v) is 8.30. The molecule has 1 N–H and O–H groups in total. The Kier molecular flexibility index (Phi) is 15.8. The van der Waals surface area contributed by atoms with Crippen LogP contribution in [0.1, 0.15) is 54.9 Å². The van der Waals surface area contributed by atoms with E-state index < -0.39 is 0 Å². The molecule has 143 valence electrons. The number of aliphatic hydroxyl groups excluding tert-OH is 1. The van der Waals surface area contributed by atoms with Crippen molar-refractivity contribution in [3.8, 4) is 0 Å². The van der Waals surface area contributed by atoms with Crippen molar-refractivity contribution < 1.29 is 31.3 Å². The van der Waals surface area contributed by atoms with Gasteiger partial charge in [0, 0.05) is 0 Å². The second kappa shape index (κ2) is 13.3. The predicted molar refractivity (Wildman–Crippen MR) is 108 cm³/mol. The van der Waals surface area contributed by atoms with Crippen LogP contribution in [0.15, 0.2) is 30.3 Å². The van der Waals surface area contributed by atoms with Gasteiger partial charge in [-0.25, -0.2) is 0 Å². The van der Waals surface area contributed by atoms with E-state index >= 15 is 0 Å². The van der Waals surface area contributed by atoms with E-state index in [1.807, 2.05) is 30.3 Å². The van der Waals surface area contributed by atoms with Gasteiger partial charge in [0.05, 0.1) is 6.10 Å². The minimum Gasteiger partial charge on any atom is -0.393 e. The molecule has 0 spiro atoms. The summed E-state index contributed by atoms with van der Waals surface area (Å²) in [6.45, 7) is 15.9. The molecule has 2 rings (SSSR count). The predicted octanol–water partition coefficient (Wildman–Crippen LogP) is 6.34. The van der Waals surface area contributed by atoms with E-state index in [0.29, 0.717) is 5.92 Å². The van der Waals surface area contributed by atoms with E-state index in [1.54, 1.807) is 0 Å². The van der Waals surface area contributed by atoms with Gasteiger partial charge >= 0.3 is 26.2 Å². The first-order valence-electron chi connectivity index (χ1n) is 8.75. The Morgan fingerprint density at radius 2 is 1.24 bits per heavy atom. The van der Waals surface area contributed by atoms with Crippen LogP contribution in [0.25, 0.3) is 0 Å². The zero-order chi connectivity index (χ0) is 16.9. The van der Waals surface area contributed by atoms with Crippen molar-refractivity contribution in [3.05, 3.63) is 51.3 Å². The minimum absolute atomic E-state index is 0. The first-order valence-corrected chi connectivity index (χ1v) is 8.75. The summed E-state index contributed by atoms with van der Waals surface area (Å²) in [5.41, 5.74) is 0.0223. The molecule has 6 atom stereocenters. The summed E-state index contributed by atoms with van der Waals surface area (Å²) in [6.07, 6.45) is 0.806. The van der Waals surface area contributed by atoms with E-state index in [2.05, 4.69) is 54.5 Å².